The van der Waals surface area contributed by atoms with E-state index in [1.165, 1.54) is 0 Å². The van der Waals surface area contributed by atoms with Crippen molar-refractivity contribution in [1.82, 2.24) is 0 Å². The number of hydrogen-bond acceptors (Lipinski definition) is 3. The summed E-state index contributed by atoms with van der Waals surface area (Å²) in [4.78, 5) is 0. The van der Waals surface area contributed by atoms with Gasteiger partial charge in [0.05, 0.1) is 0 Å². The Morgan fingerprint density at radius 3 is 1.44 bits per heavy atom. The number of hydrogen-bond donors (Lipinski definition) is 0. The first-order valence-electron chi connectivity index (χ1n) is 4.93. The van der Waals surface area contributed by atoms with Crippen LogP contribution in [-0.2, 0) is 13.3 Å². The van der Waals surface area contributed by atoms with Gasteiger partial charge in [0.15, 0.2) is 8.32 Å². The van der Waals surface area contributed by atoms with Crippen LogP contribution in [0.4, 0.5) is 0 Å². The quantitative estimate of drug-likeness (QED) is 0.552. The Labute approximate surface area is 105 Å². The van der Waals surface area contributed by atoms with E-state index in [2.05, 4.69) is 19.6 Å². The smallest absolute Gasteiger partial charge is 0.333 e. The van der Waals surface area contributed by atoms with Crippen LogP contribution in [0.5, 0.6) is 0 Å². The molecule has 0 aromatic heterocycles. The average molecular weight is 269 g/mol. The summed E-state index contributed by atoms with van der Waals surface area (Å²) in [6.07, 6.45) is 0. The summed E-state index contributed by atoms with van der Waals surface area (Å²) in [7, 11) is -1.89. The highest BCUT2D eigenvalue weighted by atomic mass is 28.4. The van der Waals surface area contributed by atoms with Crippen molar-refractivity contribution in [3.05, 3.63) is 0 Å². The minimum absolute atomic E-state index is 0. The molecule has 0 aromatic rings. The molecule has 0 amide bonds. The van der Waals surface area contributed by atoms with Crippen LogP contribution in [-0.4, -0.2) is 29.8 Å². The third-order valence-electron chi connectivity index (χ3n) is 1.54. The van der Waals surface area contributed by atoms with E-state index in [9.17, 15) is 0 Å². The van der Waals surface area contributed by atoms with Crippen LogP contribution in [0.15, 0.2) is 0 Å². The predicted octanol–water partition coefficient (Wildman–Crippen LogP) is 4.21. The lowest BCUT2D eigenvalue weighted by atomic mass is 10.4. The Morgan fingerprint density at radius 1 is 0.812 bits per heavy atom. The maximum absolute atomic E-state index is 5.93. The molecule has 16 heavy (non-hydrogen) atoms. The molecule has 0 aliphatic heterocycles. The van der Waals surface area contributed by atoms with Crippen LogP contribution < -0.4 is 0 Å². The van der Waals surface area contributed by atoms with Crippen LogP contribution in [0.1, 0.15) is 28.7 Å². The summed E-state index contributed by atoms with van der Waals surface area (Å²) in [5.41, 5.74) is 0. The molecule has 0 aliphatic rings. The molecular weight excluding hydrogens is 236 g/mol. The van der Waals surface area contributed by atoms with Gasteiger partial charge >= 0.3 is 8.56 Å². The van der Waals surface area contributed by atoms with Crippen LogP contribution in [0.3, 0.4) is 0 Å². The van der Waals surface area contributed by atoms with Gasteiger partial charge in [0, 0.05) is 7.11 Å². The Kier molecular flexibility index (Phi) is 9.32. The lowest BCUT2D eigenvalue weighted by Crippen LogP contribution is -2.48. The van der Waals surface area contributed by atoms with Gasteiger partial charge in [0.2, 0.25) is 0 Å². The van der Waals surface area contributed by atoms with Crippen molar-refractivity contribution in [2.75, 3.05) is 7.11 Å². The van der Waals surface area contributed by atoms with Crippen molar-refractivity contribution in [3.63, 3.8) is 0 Å². The maximum atomic E-state index is 5.93. The highest BCUT2D eigenvalue weighted by Gasteiger charge is 2.35. The molecule has 0 unspecified atom stereocenters. The molecule has 0 aromatic carbocycles. The van der Waals surface area contributed by atoms with Gasteiger partial charge in [-0.15, -0.1) is 0 Å². The molecule has 0 fully saturated rings. The molecule has 0 N–H and O–H groups in total. The minimum atomic E-state index is -2.02. The second kappa shape index (κ2) is 6.91. The van der Waals surface area contributed by atoms with Crippen molar-refractivity contribution in [2.45, 2.75) is 67.2 Å². The van der Waals surface area contributed by atoms with Gasteiger partial charge in [0.25, 0.3) is 0 Å². The second-order valence-electron chi connectivity index (χ2n) is 5.32. The SMILES string of the molecule is C.C.CO[Si](C)(C)OC(C)(C)O[Si](C)(C)C. The summed E-state index contributed by atoms with van der Waals surface area (Å²) in [6.45, 7) is 14.4. The van der Waals surface area contributed by atoms with Gasteiger partial charge in [-0.05, 0) is 46.6 Å². The zero-order valence-corrected chi connectivity index (χ0v) is 12.7. The van der Waals surface area contributed by atoms with E-state index in [0.717, 1.165) is 0 Å². The molecule has 0 bridgehead atoms. The largest absolute Gasteiger partial charge is 0.398 e. The molecule has 0 heterocycles. The first kappa shape index (κ1) is 21.6. The molecule has 102 valence electrons. The summed E-state index contributed by atoms with van der Waals surface area (Å²) >= 11 is 0. The second-order valence-corrected chi connectivity index (χ2v) is 13.2. The van der Waals surface area contributed by atoms with Crippen LogP contribution in [0, 0.1) is 0 Å². The van der Waals surface area contributed by atoms with Crippen LogP contribution in [0.25, 0.3) is 0 Å². The molecule has 0 atom stereocenters. The van der Waals surface area contributed by atoms with Crippen molar-refractivity contribution < 1.29 is 13.3 Å². The molecule has 0 spiro atoms. The Morgan fingerprint density at radius 2 is 1.19 bits per heavy atom. The van der Waals surface area contributed by atoms with E-state index in [1.807, 2.05) is 26.9 Å². The summed E-state index contributed by atoms with van der Waals surface area (Å²) in [5.74, 6) is -0.532. The molecular formula is C11H32O3Si2. The highest BCUT2D eigenvalue weighted by molar-refractivity contribution is 6.70. The number of rotatable bonds is 5. The fraction of sp³-hybridized carbons (Fsp3) is 1.00. The van der Waals surface area contributed by atoms with Crippen molar-refractivity contribution in [3.8, 4) is 0 Å². The monoisotopic (exact) mass is 268 g/mol. The predicted molar refractivity (Wildman–Crippen MR) is 77.5 cm³/mol. The lowest BCUT2D eigenvalue weighted by Gasteiger charge is -2.37. The Balaban J connectivity index is -0.000000845. The van der Waals surface area contributed by atoms with Gasteiger partial charge < -0.3 is 13.3 Å². The first-order chi connectivity index (χ1) is 5.97. The van der Waals surface area contributed by atoms with Gasteiger partial charge in [-0.3, -0.25) is 0 Å². The van der Waals surface area contributed by atoms with E-state index in [0.29, 0.717) is 0 Å². The first-order valence-corrected chi connectivity index (χ1v) is 11.2. The third-order valence-corrected chi connectivity index (χ3v) is 4.61. The van der Waals surface area contributed by atoms with Gasteiger partial charge in [-0.2, -0.15) is 0 Å². The van der Waals surface area contributed by atoms with Crippen molar-refractivity contribution in [1.29, 1.82) is 0 Å². The van der Waals surface area contributed by atoms with Gasteiger partial charge in [0.1, 0.15) is 5.79 Å². The summed E-state index contributed by atoms with van der Waals surface area (Å²) in [6, 6.07) is 0. The van der Waals surface area contributed by atoms with E-state index >= 15 is 0 Å². The topological polar surface area (TPSA) is 27.7 Å². The fourth-order valence-electron chi connectivity index (χ4n) is 1.39. The highest BCUT2D eigenvalue weighted by Crippen LogP contribution is 2.23. The molecule has 5 heteroatoms. The van der Waals surface area contributed by atoms with Gasteiger partial charge in [-0.1, -0.05) is 14.9 Å². The zero-order chi connectivity index (χ0) is 11.6. The average Bonchev–Trinajstić information content (AvgIpc) is 1.78. The van der Waals surface area contributed by atoms with Gasteiger partial charge in [-0.25, -0.2) is 0 Å². The molecule has 0 aliphatic carbocycles. The Hall–Kier alpha value is 0.314. The minimum Gasteiger partial charge on any atom is -0.398 e. The standard InChI is InChI=1S/C9H24O3Si2.2CH4/c1-9(2,11-13(4,5)6)12-14(7,8)10-3;;/h1-8H3;2*1H4. The molecule has 3 nitrogen and oxygen atoms in total. The van der Waals surface area contributed by atoms with E-state index < -0.39 is 22.7 Å². The molecule has 0 saturated heterocycles. The van der Waals surface area contributed by atoms with E-state index in [1.54, 1.807) is 7.11 Å². The van der Waals surface area contributed by atoms with E-state index in [4.69, 9.17) is 13.3 Å². The normalized spacial score (nSPS) is 12.8. The lowest BCUT2D eigenvalue weighted by molar-refractivity contribution is -0.108. The summed E-state index contributed by atoms with van der Waals surface area (Å²) in [5, 5.41) is 0. The van der Waals surface area contributed by atoms with Crippen molar-refractivity contribution >= 4 is 16.9 Å². The summed E-state index contributed by atoms with van der Waals surface area (Å²) < 4.78 is 17.2. The maximum Gasteiger partial charge on any atom is 0.333 e. The molecule has 0 radical (unpaired) electrons. The Bertz CT molecular complexity index is 186. The molecule has 0 rings (SSSR count). The van der Waals surface area contributed by atoms with Crippen LogP contribution in [0.2, 0.25) is 32.7 Å². The van der Waals surface area contributed by atoms with Crippen molar-refractivity contribution in [2.24, 2.45) is 0 Å². The third kappa shape index (κ3) is 10.8. The zero-order valence-electron chi connectivity index (χ0n) is 10.7. The molecule has 0 saturated carbocycles. The fourth-order valence-corrected chi connectivity index (χ4v) is 4.30. The van der Waals surface area contributed by atoms with Crippen LogP contribution >= 0.6 is 0 Å². The van der Waals surface area contributed by atoms with E-state index in [-0.39, 0.29) is 14.9 Å².